The van der Waals surface area contributed by atoms with Gasteiger partial charge in [0.2, 0.25) is 0 Å². The zero-order valence-electron chi connectivity index (χ0n) is 10.6. The highest BCUT2D eigenvalue weighted by molar-refractivity contribution is 9.10. The van der Waals surface area contributed by atoms with Gasteiger partial charge in [0, 0.05) is 21.1 Å². The predicted octanol–water partition coefficient (Wildman–Crippen LogP) is 4.98. The predicted molar refractivity (Wildman–Crippen MR) is 78.9 cm³/mol. The topological polar surface area (TPSA) is 15.8 Å². The largest absolute Gasteiger partial charge is 0.358 e. The highest BCUT2D eigenvalue weighted by atomic mass is 79.9. The van der Waals surface area contributed by atoms with Crippen LogP contribution in [0.3, 0.4) is 0 Å². The van der Waals surface area contributed by atoms with E-state index >= 15 is 0 Å². The van der Waals surface area contributed by atoms with Gasteiger partial charge < -0.3 is 4.98 Å². The first-order chi connectivity index (χ1) is 8.76. The summed E-state index contributed by atoms with van der Waals surface area (Å²) in [5, 5.41) is 1.45. The number of aromatic nitrogens is 1. The minimum absolute atomic E-state index is 0.643. The molecule has 2 aliphatic rings. The minimum Gasteiger partial charge on any atom is -0.358 e. The molecule has 2 aromatic rings. The van der Waals surface area contributed by atoms with E-state index in [1.807, 2.05) is 0 Å². The smallest absolute Gasteiger partial charge is 0.0459 e. The van der Waals surface area contributed by atoms with E-state index in [4.69, 9.17) is 0 Å². The number of nitrogens with one attached hydrogen (secondary N) is 1. The van der Waals surface area contributed by atoms with Crippen LogP contribution in [0.15, 0.2) is 22.7 Å². The summed E-state index contributed by atoms with van der Waals surface area (Å²) >= 11 is 3.61. The van der Waals surface area contributed by atoms with Crippen molar-refractivity contribution >= 4 is 26.8 Å². The summed E-state index contributed by atoms with van der Waals surface area (Å²) in [5.41, 5.74) is 5.07. The molecule has 0 amide bonds. The standard InChI is InChI=1S/C16H18BrN/c17-11-3-4-14-12(9-11)13-10-16(6-1-2-7-16)8-5-15(13)18-14/h3-4,9,18H,1-2,5-8,10H2. The number of rotatable bonds is 0. The Labute approximate surface area is 116 Å². The molecule has 1 heterocycles. The van der Waals surface area contributed by atoms with E-state index in [-0.39, 0.29) is 0 Å². The first kappa shape index (κ1) is 11.1. The molecule has 4 rings (SSSR count). The second kappa shape index (κ2) is 3.86. The van der Waals surface area contributed by atoms with Crippen molar-refractivity contribution in [2.24, 2.45) is 5.41 Å². The molecule has 2 aliphatic carbocycles. The SMILES string of the molecule is Brc1ccc2[nH]c3c(c2c1)CC1(CCCC1)CC3. The number of aromatic amines is 1. The average Bonchev–Trinajstić information content (AvgIpc) is 2.95. The Morgan fingerprint density at radius 1 is 1.11 bits per heavy atom. The fraction of sp³-hybridized carbons (Fsp3) is 0.500. The molecule has 94 valence electrons. The van der Waals surface area contributed by atoms with Crippen LogP contribution < -0.4 is 0 Å². The lowest BCUT2D eigenvalue weighted by molar-refractivity contribution is 0.255. The Bertz CT molecular complexity index is 605. The summed E-state index contributed by atoms with van der Waals surface area (Å²) in [6.45, 7) is 0. The zero-order chi connectivity index (χ0) is 12.2. The van der Waals surface area contributed by atoms with Crippen molar-refractivity contribution in [3.8, 4) is 0 Å². The molecule has 0 aliphatic heterocycles. The quantitative estimate of drug-likeness (QED) is 0.706. The Balaban J connectivity index is 1.86. The van der Waals surface area contributed by atoms with E-state index in [1.54, 1.807) is 5.56 Å². The normalized spacial score (nSPS) is 21.6. The van der Waals surface area contributed by atoms with Crippen LogP contribution in [0, 0.1) is 5.41 Å². The monoisotopic (exact) mass is 303 g/mol. The van der Waals surface area contributed by atoms with Crippen molar-refractivity contribution < 1.29 is 0 Å². The van der Waals surface area contributed by atoms with Gasteiger partial charge in [0.15, 0.2) is 0 Å². The van der Waals surface area contributed by atoms with Gasteiger partial charge in [0.1, 0.15) is 0 Å². The van der Waals surface area contributed by atoms with Gasteiger partial charge in [-0.3, -0.25) is 0 Å². The van der Waals surface area contributed by atoms with Gasteiger partial charge in [-0.15, -0.1) is 0 Å². The summed E-state index contributed by atoms with van der Waals surface area (Å²) in [7, 11) is 0. The third-order valence-corrected chi connectivity index (χ3v) is 5.57. The number of hydrogen-bond acceptors (Lipinski definition) is 0. The van der Waals surface area contributed by atoms with Crippen LogP contribution in [0.2, 0.25) is 0 Å². The van der Waals surface area contributed by atoms with Gasteiger partial charge in [-0.1, -0.05) is 28.8 Å². The Morgan fingerprint density at radius 2 is 1.94 bits per heavy atom. The van der Waals surface area contributed by atoms with Crippen molar-refractivity contribution in [2.75, 3.05) is 0 Å². The average molecular weight is 304 g/mol. The molecule has 1 aromatic heterocycles. The van der Waals surface area contributed by atoms with Crippen molar-refractivity contribution in [3.63, 3.8) is 0 Å². The molecule has 18 heavy (non-hydrogen) atoms. The van der Waals surface area contributed by atoms with E-state index in [0.29, 0.717) is 5.41 Å². The molecular weight excluding hydrogens is 286 g/mol. The van der Waals surface area contributed by atoms with Gasteiger partial charge in [-0.25, -0.2) is 0 Å². The molecule has 0 saturated heterocycles. The fourth-order valence-electron chi connectivity index (χ4n) is 4.10. The molecule has 0 unspecified atom stereocenters. The number of benzene rings is 1. The van der Waals surface area contributed by atoms with E-state index in [0.717, 1.165) is 0 Å². The number of fused-ring (bicyclic) bond motifs is 3. The van der Waals surface area contributed by atoms with Crippen LogP contribution in [0.25, 0.3) is 10.9 Å². The minimum atomic E-state index is 0.643. The number of halogens is 1. The van der Waals surface area contributed by atoms with Gasteiger partial charge in [-0.05, 0) is 61.3 Å². The molecule has 0 atom stereocenters. The molecule has 1 N–H and O–H groups in total. The summed E-state index contributed by atoms with van der Waals surface area (Å²) < 4.78 is 1.20. The van der Waals surface area contributed by atoms with Gasteiger partial charge in [0.25, 0.3) is 0 Å². The molecule has 2 heteroatoms. The van der Waals surface area contributed by atoms with Gasteiger partial charge in [0.05, 0.1) is 0 Å². The Morgan fingerprint density at radius 3 is 2.78 bits per heavy atom. The Kier molecular flexibility index (Phi) is 2.38. The summed E-state index contributed by atoms with van der Waals surface area (Å²) in [4.78, 5) is 3.63. The number of aryl methyl sites for hydroxylation is 1. The molecule has 1 nitrogen and oxygen atoms in total. The highest BCUT2D eigenvalue weighted by Crippen LogP contribution is 2.49. The second-order valence-electron chi connectivity index (χ2n) is 6.16. The molecule has 0 bridgehead atoms. The van der Waals surface area contributed by atoms with E-state index < -0.39 is 0 Å². The highest BCUT2D eigenvalue weighted by Gasteiger charge is 2.38. The van der Waals surface area contributed by atoms with Crippen molar-refractivity contribution in [2.45, 2.75) is 44.9 Å². The summed E-state index contributed by atoms with van der Waals surface area (Å²) in [6.07, 6.45) is 9.75. The molecular formula is C16H18BrN. The zero-order valence-corrected chi connectivity index (χ0v) is 12.1. The molecule has 1 spiro atoms. The van der Waals surface area contributed by atoms with Crippen LogP contribution in [-0.4, -0.2) is 4.98 Å². The molecule has 1 saturated carbocycles. The third-order valence-electron chi connectivity index (χ3n) is 5.08. The Hall–Kier alpha value is -0.760. The maximum absolute atomic E-state index is 3.63. The van der Waals surface area contributed by atoms with Gasteiger partial charge >= 0.3 is 0 Å². The van der Waals surface area contributed by atoms with Crippen LogP contribution in [0.4, 0.5) is 0 Å². The lowest BCUT2D eigenvalue weighted by atomic mass is 9.72. The lowest BCUT2D eigenvalue weighted by Crippen LogP contribution is -2.25. The van der Waals surface area contributed by atoms with E-state index in [2.05, 4.69) is 39.1 Å². The second-order valence-corrected chi connectivity index (χ2v) is 7.07. The van der Waals surface area contributed by atoms with Gasteiger partial charge in [-0.2, -0.15) is 0 Å². The van der Waals surface area contributed by atoms with Crippen LogP contribution in [0.1, 0.15) is 43.4 Å². The summed E-state index contributed by atoms with van der Waals surface area (Å²) in [6, 6.07) is 6.63. The van der Waals surface area contributed by atoms with Crippen molar-refractivity contribution in [3.05, 3.63) is 33.9 Å². The third kappa shape index (κ3) is 1.58. The number of hydrogen-bond donors (Lipinski definition) is 1. The molecule has 1 fully saturated rings. The number of H-pyrrole nitrogens is 1. The first-order valence-electron chi connectivity index (χ1n) is 7.05. The van der Waals surface area contributed by atoms with E-state index in [9.17, 15) is 0 Å². The lowest BCUT2D eigenvalue weighted by Gasteiger charge is -2.33. The van der Waals surface area contributed by atoms with Crippen LogP contribution >= 0.6 is 15.9 Å². The maximum Gasteiger partial charge on any atom is 0.0459 e. The summed E-state index contributed by atoms with van der Waals surface area (Å²) in [5.74, 6) is 0. The molecule has 1 aromatic carbocycles. The fourth-order valence-corrected chi connectivity index (χ4v) is 4.46. The van der Waals surface area contributed by atoms with Crippen molar-refractivity contribution in [1.82, 2.24) is 4.98 Å². The first-order valence-corrected chi connectivity index (χ1v) is 7.84. The van der Waals surface area contributed by atoms with Crippen LogP contribution in [-0.2, 0) is 12.8 Å². The van der Waals surface area contributed by atoms with Crippen LogP contribution in [0.5, 0.6) is 0 Å². The molecule has 0 radical (unpaired) electrons. The van der Waals surface area contributed by atoms with E-state index in [1.165, 1.54) is 66.0 Å². The maximum atomic E-state index is 3.63. The van der Waals surface area contributed by atoms with Crippen molar-refractivity contribution in [1.29, 1.82) is 0 Å².